The molecule has 0 spiro atoms. The summed E-state index contributed by atoms with van der Waals surface area (Å²) in [6, 6.07) is 7.14. The third-order valence-corrected chi connectivity index (χ3v) is 3.71. The standard InChI is InChI=1S/C13H12N4OS/c14-7-8-3-4-9-11(6-8)17(13(19)16-9)10-2-1-5-15-12(10)18/h3-4,6,10H,1-2,5H2,(H,15,18)(H,16,19). The number of benzene rings is 1. The van der Waals surface area contributed by atoms with Crippen molar-refractivity contribution < 1.29 is 4.79 Å². The molecule has 2 aromatic rings. The zero-order valence-electron chi connectivity index (χ0n) is 10.1. The fourth-order valence-corrected chi connectivity index (χ4v) is 2.84. The molecular weight excluding hydrogens is 260 g/mol. The highest BCUT2D eigenvalue weighted by atomic mass is 32.1. The van der Waals surface area contributed by atoms with E-state index in [2.05, 4.69) is 16.4 Å². The van der Waals surface area contributed by atoms with Crippen LogP contribution in [0.25, 0.3) is 11.0 Å². The molecule has 1 aromatic carbocycles. The van der Waals surface area contributed by atoms with Crippen LogP contribution in [0.15, 0.2) is 18.2 Å². The van der Waals surface area contributed by atoms with Gasteiger partial charge in [0.2, 0.25) is 5.91 Å². The van der Waals surface area contributed by atoms with Gasteiger partial charge in [-0.3, -0.25) is 4.79 Å². The first-order valence-electron chi connectivity index (χ1n) is 6.13. The number of amides is 1. The van der Waals surface area contributed by atoms with Gasteiger partial charge < -0.3 is 14.9 Å². The van der Waals surface area contributed by atoms with Crippen molar-refractivity contribution in [3.63, 3.8) is 0 Å². The number of hydrogen-bond acceptors (Lipinski definition) is 3. The van der Waals surface area contributed by atoms with Gasteiger partial charge in [0.25, 0.3) is 0 Å². The molecule has 1 atom stereocenters. The molecule has 0 bridgehead atoms. The molecular formula is C13H12N4OS. The maximum absolute atomic E-state index is 12.0. The first-order chi connectivity index (χ1) is 9.20. The van der Waals surface area contributed by atoms with Crippen molar-refractivity contribution in [1.82, 2.24) is 14.9 Å². The third kappa shape index (κ3) is 1.92. The van der Waals surface area contributed by atoms with Gasteiger partial charge in [0.05, 0.1) is 22.7 Å². The van der Waals surface area contributed by atoms with Gasteiger partial charge in [-0.2, -0.15) is 5.26 Å². The molecule has 1 aliphatic rings. The number of H-pyrrole nitrogens is 1. The monoisotopic (exact) mass is 272 g/mol. The van der Waals surface area contributed by atoms with Gasteiger partial charge >= 0.3 is 0 Å². The Labute approximate surface area is 114 Å². The average molecular weight is 272 g/mol. The number of fused-ring (bicyclic) bond motifs is 1. The van der Waals surface area contributed by atoms with Crippen LogP contribution < -0.4 is 5.32 Å². The zero-order chi connectivity index (χ0) is 13.4. The maximum Gasteiger partial charge on any atom is 0.243 e. The second kappa shape index (κ2) is 4.52. The van der Waals surface area contributed by atoms with E-state index in [1.54, 1.807) is 12.1 Å². The first-order valence-corrected chi connectivity index (χ1v) is 6.53. The van der Waals surface area contributed by atoms with Gasteiger partial charge in [-0.1, -0.05) is 0 Å². The highest BCUT2D eigenvalue weighted by Crippen LogP contribution is 2.25. The largest absolute Gasteiger partial charge is 0.354 e. The lowest BCUT2D eigenvalue weighted by molar-refractivity contribution is -0.125. The Morgan fingerprint density at radius 1 is 1.47 bits per heavy atom. The molecule has 2 N–H and O–H groups in total. The van der Waals surface area contributed by atoms with E-state index in [9.17, 15) is 4.79 Å². The van der Waals surface area contributed by atoms with Gasteiger partial charge in [-0.15, -0.1) is 0 Å². The lowest BCUT2D eigenvalue weighted by Crippen LogP contribution is -2.37. The minimum Gasteiger partial charge on any atom is -0.354 e. The summed E-state index contributed by atoms with van der Waals surface area (Å²) in [5, 5.41) is 11.8. The third-order valence-electron chi connectivity index (χ3n) is 3.41. The molecule has 1 aliphatic heterocycles. The van der Waals surface area contributed by atoms with Crippen molar-refractivity contribution in [2.75, 3.05) is 6.54 Å². The van der Waals surface area contributed by atoms with E-state index in [-0.39, 0.29) is 11.9 Å². The maximum atomic E-state index is 12.0. The van der Waals surface area contributed by atoms with Crippen LogP contribution >= 0.6 is 12.2 Å². The van der Waals surface area contributed by atoms with Crippen LogP contribution in [-0.2, 0) is 4.79 Å². The summed E-state index contributed by atoms with van der Waals surface area (Å²) < 4.78 is 2.34. The molecule has 0 radical (unpaired) electrons. The van der Waals surface area contributed by atoms with Gasteiger partial charge in [-0.25, -0.2) is 0 Å². The number of nitrogens with one attached hydrogen (secondary N) is 2. The molecule has 1 fully saturated rings. The number of imidazole rings is 1. The van der Waals surface area contributed by atoms with E-state index in [1.165, 1.54) is 0 Å². The molecule has 1 aromatic heterocycles. The van der Waals surface area contributed by atoms with E-state index in [4.69, 9.17) is 17.5 Å². The summed E-state index contributed by atoms with van der Waals surface area (Å²) in [5.41, 5.74) is 2.22. The molecule has 1 unspecified atom stereocenters. The van der Waals surface area contributed by atoms with Crippen LogP contribution in [0, 0.1) is 16.1 Å². The zero-order valence-corrected chi connectivity index (χ0v) is 11.0. The molecule has 19 heavy (non-hydrogen) atoms. The number of nitrogens with zero attached hydrogens (tertiary/aromatic N) is 2. The van der Waals surface area contributed by atoms with Crippen LogP contribution in [0.4, 0.5) is 0 Å². The number of nitriles is 1. The Kier molecular flexibility index (Phi) is 2.84. The minimum atomic E-state index is -0.288. The predicted octanol–water partition coefficient (Wildman–Crippen LogP) is 2.02. The molecule has 0 aliphatic carbocycles. The van der Waals surface area contributed by atoms with Crippen molar-refractivity contribution in [2.24, 2.45) is 0 Å². The average Bonchev–Trinajstić information content (AvgIpc) is 2.74. The van der Waals surface area contributed by atoms with Crippen LogP contribution in [-0.4, -0.2) is 22.0 Å². The number of rotatable bonds is 1. The summed E-state index contributed by atoms with van der Waals surface area (Å²) in [6.07, 6.45) is 1.70. The molecule has 1 amide bonds. The SMILES string of the molecule is N#Cc1ccc2[nH]c(=S)n(C3CCCNC3=O)c2c1. The Bertz CT molecular complexity index is 752. The van der Waals surface area contributed by atoms with Gasteiger partial charge in [0, 0.05) is 6.54 Å². The lowest BCUT2D eigenvalue weighted by atomic mass is 10.1. The molecule has 3 rings (SSSR count). The van der Waals surface area contributed by atoms with Crippen LogP contribution in [0.3, 0.4) is 0 Å². The second-order valence-electron chi connectivity index (χ2n) is 4.59. The fourth-order valence-electron chi connectivity index (χ4n) is 2.50. The van der Waals surface area contributed by atoms with E-state index >= 15 is 0 Å². The summed E-state index contributed by atoms with van der Waals surface area (Å²) >= 11 is 5.31. The molecule has 2 heterocycles. The van der Waals surface area contributed by atoms with E-state index in [0.717, 1.165) is 23.9 Å². The van der Waals surface area contributed by atoms with Crippen molar-refractivity contribution in [3.05, 3.63) is 28.5 Å². The summed E-state index contributed by atoms with van der Waals surface area (Å²) in [7, 11) is 0. The summed E-state index contributed by atoms with van der Waals surface area (Å²) in [6.45, 7) is 0.717. The van der Waals surface area contributed by atoms with E-state index < -0.39 is 0 Å². The number of carbonyl (C=O) groups is 1. The number of aromatic amines is 1. The quantitative estimate of drug-likeness (QED) is 0.780. The van der Waals surface area contributed by atoms with Gasteiger partial charge in [0.15, 0.2) is 4.77 Å². The lowest BCUT2D eigenvalue weighted by Gasteiger charge is -2.23. The second-order valence-corrected chi connectivity index (χ2v) is 4.98. The molecule has 0 saturated carbocycles. The normalized spacial score (nSPS) is 19.1. The van der Waals surface area contributed by atoms with Gasteiger partial charge in [-0.05, 0) is 43.3 Å². The van der Waals surface area contributed by atoms with Crippen molar-refractivity contribution in [3.8, 4) is 6.07 Å². The molecule has 1 saturated heterocycles. The van der Waals surface area contributed by atoms with E-state index in [1.807, 2.05) is 10.6 Å². The van der Waals surface area contributed by atoms with Crippen LogP contribution in [0.2, 0.25) is 0 Å². The van der Waals surface area contributed by atoms with Crippen molar-refractivity contribution >= 4 is 29.2 Å². The highest BCUT2D eigenvalue weighted by molar-refractivity contribution is 7.71. The number of carbonyl (C=O) groups excluding carboxylic acids is 1. The summed E-state index contributed by atoms with van der Waals surface area (Å²) in [4.78, 5) is 15.1. The number of piperidine rings is 1. The summed E-state index contributed by atoms with van der Waals surface area (Å²) in [5.74, 6) is -0.00869. The molecule has 96 valence electrons. The fraction of sp³-hybridized carbons (Fsp3) is 0.308. The van der Waals surface area contributed by atoms with Crippen LogP contribution in [0.5, 0.6) is 0 Å². The van der Waals surface area contributed by atoms with Crippen molar-refractivity contribution in [2.45, 2.75) is 18.9 Å². The van der Waals surface area contributed by atoms with Gasteiger partial charge in [0.1, 0.15) is 6.04 Å². The Hall–Kier alpha value is -2.13. The minimum absolute atomic E-state index is 0.00869. The highest BCUT2D eigenvalue weighted by Gasteiger charge is 2.25. The molecule has 5 nitrogen and oxygen atoms in total. The first kappa shape index (κ1) is 11.9. The Morgan fingerprint density at radius 3 is 3.05 bits per heavy atom. The van der Waals surface area contributed by atoms with Crippen molar-refractivity contribution in [1.29, 1.82) is 5.26 Å². The molecule has 6 heteroatoms. The smallest absolute Gasteiger partial charge is 0.243 e. The topological polar surface area (TPSA) is 73.6 Å². The predicted molar refractivity (Wildman–Crippen MR) is 73.1 cm³/mol. The Morgan fingerprint density at radius 2 is 2.32 bits per heavy atom. The number of hydrogen-bond donors (Lipinski definition) is 2. The Balaban J connectivity index is 2.22. The van der Waals surface area contributed by atoms with Crippen LogP contribution in [0.1, 0.15) is 24.4 Å². The number of aromatic nitrogens is 2. The van der Waals surface area contributed by atoms with E-state index in [0.29, 0.717) is 16.9 Å².